The van der Waals surface area contributed by atoms with Gasteiger partial charge in [0.2, 0.25) is 0 Å². The van der Waals surface area contributed by atoms with Crippen LogP contribution in [-0.4, -0.2) is 44.6 Å². The molecule has 0 fully saturated rings. The number of allylic oxidation sites excluding steroid dienone is 2. The Bertz CT molecular complexity index is 2510. The lowest BCUT2D eigenvalue weighted by atomic mass is 9.95. The molecule has 0 heterocycles. The van der Waals surface area contributed by atoms with Crippen molar-refractivity contribution >= 4 is 61.4 Å². The van der Waals surface area contributed by atoms with Gasteiger partial charge in [-0.3, -0.25) is 0 Å². The maximum absolute atomic E-state index is 5.57. The lowest BCUT2D eigenvalue weighted by molar-refractivity contribution is 0.414. The topological polar surface area (TPSA) is 43.4 Å². The van der Waals surface area contributed by atoms with Crippen LogP contribution < -0.4 is 28.7 Å². The van der Waals surface area contributed by atoms with Gasteiger partial charge in [-0.1, -0.05) is 119 Å². The van der Waals surface area contributed by atoms with Crippen molar-refractivity contribution in [1.29, 1.82) is 0 Å². The van der Waals surface area contributed by atoms with E-state index in [1.807, 2.05) is 48.5 Å². The molecule has 0 spiro atoms. The van der Waals surface area contributed by atoms with Gasteiger partial charge in [0.05, 0.1) is 28.4 Å². The molecule has 0 saturated carbocycles. The average molecular weight is 996 g/mol. The molecule has 0 saturated heterocycles. The van der Waals surface area contributed by atoms with E-state index in [0.29, 0.717) is 33.2 Å². The zero-order valence-corrected chi connectivity index (χ0v) is 47.8. The van der Waals surface area contributed by atoms with Crippen LogP contribution in [0.5, 0.6) is 23.0 Å². The van der Waals surface area contributed by atoms with Crippen molar-refractivity contribution in [3.63, 3.8) is 0 Å². The highest BCUT2D eigenvalue weighted by molar-refractivity contribution is 6.91. The molecule has 0 radical (unpaired) electrons. The molecule has 0 aromatic heterocycles. The second-order valence-electron chi connectivity index (χ2n) is 20.6. The van der Waals surface area contributed by atoms with Crippen LogP contribution in [0.25, 0.3) is 11.1 Å². The van der Waals surface area contributed by atoms with Gasteiger partial charge in [0, 0.05) is 45.3 Å². The SMILES string of the molecule is COc1ccc(N(c2ccc(OC)cc2)c2ccc(/C(C#C[Si](C(C)C)(C(C)C)C(C)C)=C(\C#C[Si](C(C)C)(C(C)C)C(C)C)c3ccc(N(c4ccc(OC)cc4)c4ccc(OC)cc4)cc3)cc2)cc1. The lowest BCUT2D eigenvalue weighted by Crippen LogP contribution is -2.43. The van der Waals surface area contributed by atoms with Crippen molar-refractivity contribution in [1.82, 2.24) is 0 Å². The molecule has 72 heavy (non-hydrogen) atoms. The predicted octanol–water partition coefficient (Wildman–Crippen LogP) is 18.0. The van der Waals surface area contributed by atoms with Crippen LogP contribution in [0, 0.1) is 22.9 Å². The molecule has 0 N–H and O–H groups in total. The van der Waals surface area contributed by atoms with Crippen LogP contribution in [0.3, 0.4) is 0 Å². The molecule has 0 aliphatic heterocycles. The number of nitrogens with zero attached hydrogens (tertiary/aromatic N) is 2. The molecule has 0 unspecified atom stereocenters. The number of rotatable bonds is 18. The standard InChI is InChI=1S/C64H78N2O4Si2/c1-45(2)71(46(3)4,47(5)6)43-41-63(51-17-21-53(22-18-51)65(55-25-33-59(67-13)34-26-55)56-27-35-60(68-14)36-28-56)64(42-44-72(48(7)8,49(9)10)50(11)12)52-19-23-54(24-20-52)66(57-29-37-61(69-15)38-30-57)58-31-39-62(70-16)40-32-58/h17-40,45-50H,1-16H3/b64-63+. The molecule has 376 valence electrons. The zero-order chi connectivity index (χ0) is 52.3. The fourth-order valence-electron chi connectivity index (χ4n) is 11.1. The number of benzene rings is 6. The minimum atomic E-state index is -2.22. The molecular weight excluding hydrogens is 917 g/mol. The Labute approximate surface area is 435 Å². The van der Waals surface area contributed by atoms with E-state index in [0.717, 1.165) is 79.4 Å². The first-order valence-electron chi connectivity index (χ1n) is 25.6. The molecule has 6 rings (SSSR count). The number of anilines is 6. The average Bonchev–Trinajstić information content (AvgIpc) is 3.38. The third-order valence-corrected chi connectivity index (χ3v) is 27.5. The van der Waals surface area contributed by atoms with Crippen LogP contribution in [0.15, 0.2) is 146 Å². The molecule has 0 aliphatic rings. The van der Waals surface area contributed by atoms with Crippen LogP contribution in [0.4, 0.5) is 34.1 Å². The van der Waals surface area contributed by atoms with Crippen LogP contribution in [0.1, 0.15) is 94.2 Å². The summed E-state index contributed by atoms with van der Waals surface area (Å²) in [7, 11) is 2.35. The molecule has 6 nitrogen and oxygen atoms in total. The summed E-state index contributed by atoms with van der Waals surface area (Å²) in [5.41, 5.74) is 21.1. The van der Waals surface area contributed by atoms with Gasteiger partial charge in [0.25, 0.3) is 0 Å². The Hall–Kier alpha value is -6.59. The minimum Gasteiger partial charge on any atom is -0.497 e. The number of hydrogen-bond acceptors (Lipinski definition) is 6. The number of hydrogen-bond donors (Lipinski definition) is 0. The smallest absolute Gasteiger partial charge is 0.146 e. The van der Waals surface area contributed by atoms with Gasteiger partial charge in [0.1, 0.15) is 39.1 Å². The summed E-state index contributed by atoms with van der Waals surface area (Å²) in [5.74, 6) is 11.2. The third-order valence-electron chi connectivity index (χ3n) is 14.9. The number of ether oxygens (including phenoxy) is 4. The van der Waals surface area contributed by atoms with E-state index in [1.54, 1.807) is 28.4 Å². The normalized spacial score (nSPS) is 12.1. The second kappa shape index (κ2) is 24.2. The van der Waals surface area contributed by atoms with Crippen molar-refractivity contribution in [3.8, 4) is 45.9 Å². The third kappa shape index (κ3) is 11.7. The quantitative estimate of drug-likeness (QED) is 0.0486. The van der Waals surface area contributed by atoms with E-state index in [4.69, 9.17) is 18.9 Å². The van der Waals surface area contributed by atoms with Crippen molar-refractivity contribution < 1.29 is 18.9 Å². The van der Waals surface area contributed by atoms with Gasteiger partial charge < -0.3 is 28.7 Å². The van der Waals surface area contributed by atoms with E-state index >= 15 is 0 Å². The van der Waals surface area contributed by atoms with E-state index < -0.39 is 16.1 Å². The molecular formula is C64H78N2O4Si2. The lowest BCUT2D eigenvalue weighted by Gasteiger charge is -2.38. The summed E-state index contributed by atoms with van der Waals surface area (Å²) in [6.07, 6.45) is 0. The monoisotopic (exact) mass is 995 g/mol. The first-order valence-corrected chi connectivity index (χ1v) is 30.1. The fraction of sp³-hybridized carbons (Fsp3) is 0.344. The highest BCUT2D eigenvalue weighted by Gasteiger charge is 2.43. The fourth-order valence-corrected chi connectivity index (χ4v) is 21.6. The second-order valence-corrected chi connectivity index (χ2v) is 31.8. The van der Waals surface area contributed by atoms with E-state index in [-0.39, 0.29) is 0 Å². The summed E-state index contributed by atoms with van der Waals surface area (Å²) in [6.45, 7) is 28.6. The molecule has 0 atom stereocenters. The van der Waals surface area contributed by atoms with Gasteiger partial charge in [-0.15, -0.1) is 11.1 Å². The van der Waals surface area contributed by atoms with Crippen molar-refractivity contribution in [3.05, 3.63) is 157 Å². The van der Waals surface area contributed by atoms with Crippen molar-refractivity contribution in [2.45, 2.75) is 116 Å². The van der Waals surface area contributed by atoms with Gasteiger partial charge >= 0.3 is 0 Å². The van der Waals surface area contributed by atoms with Gasteiger partial charge in [-0.2, -0.15) is 0 Å². The van der Waals surface area contributed by atoms with Crippen molar-refractivity contribution in [2.24, 2.45) is 0 Å². The van der Waals surface area contributed by atoms with Crippen LogP contribution in [0.2, 0.25) is 33.2 Å². The molecule has 0 amide bonds. The Balaban J connectivity index is 1.67. The minimum absolute atomic E-state index is 0.453. The molecule has 0 bridgehead atoms. The highest BCUT2D eigenvalue weighted by atomic mass is 28.3. The molecule has 8 heteroatoms. The summed E-state index contributed by atoms with van der Waals surface area (Å²) >= 11 is 0. The van der Waals surface area contributed by atoms with Crippen LogP contribution >= 0.6 is 0 Å². The first-order chi connectivity index (χ1) is 34.4. The largest absolute Gasteiger partial charge is 0.497 e. The predicted molar refractivity (Wildman–Crippen MR) is 313 cm³/mol. The zero-order valence-electron chi connectivity index (χ0n) is 45.8. The van der Waals surface area contributed by atoms with E-state index in [9.17, 15) is 0 Å². The first kappa shape index (κ1) is 54.7. The Morgan fingerprint density at radius 1 is 0.306 bits per heavy atom. The summed E-state index contributed by atoms with van der Waals surface area (Å²) in [6, 6.07) is 50.6. The maximum Gasteiger partial charge on any atom is 0.146 e. The highest BCUT2D eigenvalue weighted by Crippen LogP contribution is 2.44. The van der Waals surface area contributed by atoms with Gasteiger partial charge in [-0.25, -0.2) is 0 Å². The van der Waals surface area contributed by atoms with E-state index in [2.05, 4.69) is 213 Å². The molecule has 0 aliphatic carbocycles. The van der Waals surface area contributed by atoms with Crippen molar-refractivity contribution in [2.75, 3.05) is 38.2 Å². The summed E-state index contributed by atoms with van der Waals surface area (Å²) in [4.78, 5) is 4.52. The summed E-state index contributed by atoms with van der Waals surface area (Å²) < 4.78 is 22.3. The molecule has 6 aromatic carbocycles. The van der Waals surface area contributed by atoms with Gasteiger partial charge in [0.15, 0.2) is 0 Å². The van der Waals surface area contributed by atoms with Crippen LogP contribution in [-0.2, 0) is 0 Å². The Kier molecular flexibility index (Phi) is 18.4. The maximum atomic E-state index is 5.57. The summed E-state index contributed by atoms with van der Waals surface area (Å²) in [5, 5.41) is 0. The molecule has 6 aromatic rings. The van der Waals surface area contributed by atoms with Gasteiger partial charge in [-0.05, 0) is 166 Å². The Morgan fingerprint density at radius 2 is 0.486 bits per heavy atom. The van der Waals surface area contributed by atoms with E-state index in [1.165, 1.54) is 0 Å². The number of methoxy groups -OCH3 is 4. The Morgan fingerprint density at radius 3 is 0.653 bits per heavy atom.